The first-order valence-corrected chi connectivity index (χ1v) is 8.30. The van der Waals surface area contributed by atoms with Crippen LogP contribution < -0.4 is 0 Å². The molecule has 1 aromatic rings. The minimum atomic E-state index is -3.62. The van der Waals surface area contributed by atoms with Gasteiger partial charge in [-0.25, -0.2) is 8.42 Å². The second-order valence-corrected chi connectivity index (χ2v) is 7.69. The quantitative estimate of drug-likeness (QED) is 0.853. The Morgan fingerprint density at radius 1 is 1.42 bits per heavy atom. The number of hydrogen-bond donors (Lipinski definition) is 1. The van der Waals surface area contributed by atoms with Gasteiger partial charge in [0.15, 0.2) is 4.67 Å². The number of aliphatic hydroxyl groups excluding tert-OH is 1. The monoisotopic (exact) mass is 353 g/mol. The van der Waals surface area contributed by atoms with Gasteiger partial charge in [0.05, 0.1) is 0 Å². The van der Waals surface area contributed by atoms with Crippen LogP contribution in [0.5, 0.6) is 0 Å². The molecular formula is C12H20BrNO4S. The van der Waals surface area contributed by atoms with Crippen molar-refractivity contribution in [2.45, 2.75) is 44.7 Å². The van der Waals surface area contributed by atoms with Crippen molar-refractivity contribution < 1.29 is 17.9 Å². The van der Waals surface area contributed by atoms with Crippen LogP contribution >= 0.6 is 15.9 Å². The van der Waals surface area contributed by atoms with Crippen LogP contribution in [0.4, 0.5) is 0 Å². The predicted octanol–water partition coefficient (Wildman–Crippen LogP) is 2.59. The molecule has 110 valence electrons. The highest BCUT2D eigenvalue weighted by molar-refractivity contribution is 9.10. The van der Waals surface area contributed by atoms with Gasteiger partial charge in [-0.1, -0.05) is 13.8 Å². The molecule has 0 aliphatic heterocycles. The van der Waals surface area contributed by atoms with E-state index in [-0.39, 0.29) is 28.0 Å². The predicted molar refractivity (Wildman–Crippen MR) is 76.2 cm³/mol. The topological polar surface area (TPSA) is 70.8 Å². The zero-order valence-corrected chi connectivity index (χ0v) is 14.0. The van der Waals surface area contributed by atoms with Gasteiger partial charge in [0.25, 0.3) is 0 Å². The largest absolute Gasteiger partial charge is 0.450 e. The van der Waals surface area contributed by atoms with Crippen LogP contribution in [0.2, 0.25) is 0 Å². The first kappa shape index (κ1) is 16.7. The van der Waals surface area contributed by atoms with Crippen molar-refractivity contribution in [2.75, 3.05) is 7.05 Å². The molecule has 19 heavy (non-hydrogen) atoms. The van der Waals surface area contributed by atoms with E-state index >= 15 is 0 Å². The summed E-state index contributed by atoms with van der Waals surface area (Å²) in [5.41, 5.74) is 0. The van der Waals surface area contributed by atoms with Crippen molar-refractivity contribution in [2.24, 2.45) is 5.92 Å². The molecule has 7 heteroatoms. The Labute approximate surface area is 122 Å². The molecule has 1 aromatic heterocycles. The molecule has 0 fully saturated rings. The highest BCUT2D eigenvalue weighted by Gasteiger charge is 2.30. The van der Waals surface area contributed by atoms with Crippen molar-refractivity contribution in [3.63, 3.8) is 0 Å². The number of furan rings is 1. The highest BCUT2D eigenvalue weighted by Crippen LogP contribution is 2.29. The van der Waals surface area contributed by atoms with Crippen molar-refractivity contribution in [1.29, 1.82) is 0 Å². The molecule has 0 aliphatic carbocycles. The summed E-state index contributed by atoms with van der Waals surface area (Å²) in [4.78, 5) is 0.0506. The first-order chi connectivity index (χ1) is 8.70. The van der Waals surface area contributed by atoms with E-state index in [0.29, 0.717) is 5.92 Å². The number of aliphatic hydroxyl groups is 1. The summed E-state index contributed by atoms with van der Waals surface area (Å²) in [6.45, 7) is 5.64. The van der Waals surface area contributed by atoms with E-state index in [2.05, 4.69) is 29.8 Å². The van der Waals surface area contributed by atoms with Crippen LogP contribution in [0.25, 0.3) is 0 Å². The molecule has 0 amide bonds. The van der Waals surface area contributed by atoms with Crippen molar-refractivity contribution in [3.05, 3.63) is 16.5 Å². The van der Waals surface area contributed by atoms with E-state index in [9.17, 15) is 8.42 Å². The van der Waals surface area contributed by atoms with Crippen molar-refractivity contribution >= 4 is 26.0 Å². The molecule has 0 radical (unpaired) electrons. The van der Waals surface area contributed by atoms with Gasteiger partial charge in [-0.05, 0) is 35.2 Å². The van der Waals surface area contributed by atoms with Crippen molar-refractivity contribution in [1.82, 2.24) is 4.31 Å². The minimum Gasteiger partial charge on any atom is -0.450 e. The Morgan fingerprint density at radius 2 is 2.00 bits per heavy atom. The molecule has 1 unspecified atom stereocenters. The summed E-state index contributed by atoms with van der Waals surface area (Å²) in [7, 11) is -2.07. The minimum absolute atomic E-state index is 0.0506. The summed E-state index contributed by atoms with van der Waals surface area (Å²) in [6, 6.07) is 1.24. The lowest BCUT2D eigenvalue weighted by Gasteiger charge is -2.25. The molecular weight excluding hydrogens is 334 g/mol. The summed E-state index contributed by atoms with van der Waals surface area (Å²) in [5, 5.41) is 8.98. The Bertz CT molecular complexity index is 524. The van der Waals surface area contributed by atoms with E-state index in [4.69, 9.17) is 9.52 Å². The molecule has 0 spiro atoms. The van der Waals surface area contributed by atoms with Gasteiger partial charge in [0, 0.05) is 19.2 Å². The fourth-order valence-corrected chi connectivity index (χ4v) is 4.21. The van der Waals surface area contributed by atoms with Crippen LogP contribution in [0.3, 0.4) is 0 Å². The van der Waals surface area contributed by atoms with Gasteiger partial charge in [-0.3, -0.25) is 0 Å². The van der Waals surface area contributed by atoms with E-state index < -0.39 is 10.0 Å². The third-order valence-corrected chi connectivity index (χ3v) is 5.78. The maximum Gasteiger partial charge on any atom is 0.247 e. The molecule has 1 atom stereocenters. The van der Waals surface area contributed by atoms with Gasteiger partial charge >= 0.3 is 0 Å². The molecule has 1 heterocycles. The lowest BCUT2D eigenvalue weighted by Crippen LogP contribution is -2.35. The average molecular weight is 354 g/mol. The normalized spacial score (nSPS) is 14.3. The van der Waals surface area contributed by atoms with E-state index in [1.165, 1.54) is 10.4 Å². The number of halogens is 1. The molecule has 1 rings (SSSR count). The fourth-order valence-electron chi connectivity index (χ4n) is 1.87. The number of nitrogens with zero attached hydrogens (tertiary/aromatic N) is 1. The Balaban J connectivity index is 3.05. The van der Waals surface area contributed by atoms with E-state index in [0.717, 1.165) is 6.42 Å². The van der Waals surface area contributed by atoms with Gasteiger partial charge in [-0.15, -0.1) is 0 Å². The van der Waals surface area contributed by atoms with Gasteiger partial charge in [0.2, 0.25) is 10.0 Å². The van der Waals surface area contributed by atoms with Crippen LogP contribution in [0.15, 0.2) is 20.0 Å². The second kappa shape index (κ2) is 6.39. The lowest BCUT2D eigenvalue weighted by molar-refractivity contribution is 0.245. The summed E-state index contributed by atoms with van der Waals surface area (Å²) in [5.74, 6) is 0.629. The smallest absolute Gasteiger partial charge is 0.247 e. The maximum atomic E-state index is 12.5. The average Bonchev–Trinajstić information content (AvgIpc) is 2.69. The maximum absolute atomic E-state index is 12.5. The highest BCUT2D eigenvalue weighted by atomic mass is 79.9. The van der Waals surface area contributed by atoms with Gasteiger partial charge in [0.1, 0.15) is 17.3 Å². The molecule has 0 saturated heterocycles. The van der Waals surface area contributed by atoms with E-state index in [1.54, 1.807) is 7.05 Å². The summed E-state index contributed by atoms with van der Waals surface area (Å²) < 4.78 is 31.5. The molecule has 0 aliphatic rings. The fraction of sp³-hybridized carbons (Fsp3) is 0.667. The number of sulfonamides is 1. The molecule has 0 aromatic carbocycles. The molecule has 0 saturated carbocycles. The molecule has 0 bridgehead atoms. The Kier molecular flexibility index (Phi) is 5.61. The second-order valence-electron chi connectivity index (χ2n) is 5.01. The van der Waals surface area contributed by atoms with Crippen molar-refractivity contribution in [3.8, 4) is 0 Å². The van der Waals surface area contributed by atoms with Crippen LogP contribution in [0, 0.1) is 5.92 Å². The lowest BCUT2D eigenvalue weighted by atomic mass is 10.1. The molecule has 5 nitrogen and oxygen atoms in total. The van der Waals surface area contributed by atoms with Crippen LogP contribution in [0.1, 0.15) is 33.0 Å². The van der Waals surface area contributed by atoms with Gasteiger partial charge in [-0.2, -0.15) is 4.31 Å². The number of rotatable bonds is 6. The summed E-state index contributed by atoms with van der Waals surface area (Å²) in [6.07, 6.45) is 0.776. The van der Waals surface area contributed by atoms with E-state index in [1.807, 2.05) is 6.92 Å². The third-order valence-electron chi connectivity index (χ3n) is 2.95. The molecule has 1 N–H and O–H groups in total. The zero-order valence-electron chi connectivity index (χ0n) is 11.6. The van der Waals surface area contributed by atoms with Crippen LogP contribution in [-0.4, -0.2) is 30.9 Å². The first-order valence-electron chi connectivity index (χ1n) is 6.07. The van der Waals surface area contributed by atoms with Gasteiger partial charge < -0.3 is 9.52 Å². The standard InChI is InChI=1S/C12H20BrNO4S/c1-8(2)5-9(3)14(4)19(16,17)11-6-10(7-15)18-12(11)13/h6,8-9,15H,5,7H2,1-4H3. The third kappa shape index (κ3) is 3.81. The number of hydrogen-bond acceptors (Lipinski definition) is 4. The summed E-state index contributed by atoms with van der Waals surface area (Å²) >= 11 is 3.08. The zero-order chi connectivity index (χ0) is 14.8. The Morgan fingerprint density at radius 3 is 2.42 bits per heavy atom. The van der Waals surface area contributed by atoms with Crippen LogP contribution in [-0.2, 0) is 16.6 Å². The SMILES string of the molecule is CC(C)CC(C)N(C)S(=O)(=O)c1cc(CO)oc1Br. The Hall–Kier alpha value is -0.370.